The van der Waals surface area contributed by atoms with Crippen molar-refractivity contribution in [2.24, 2.45) is 0 Å². The van der Waals surface area contributed by atoms with Crippen LogP contribution < -0.4 is 10.2 Å². The summed E-state index contributed by atoms with van der Waals surface area (Å²) >= 11 is 0. The molecule has 2 aromatic carbocycles. The van der Waals surface area contributed by atoms with E-state index in [0.29, 0.717) is 12.0 Å². The van der Waals surface area contributed by atoms with Crippen LogP contribution in [0.4, 0.5) is 5.69 Å². The summed E-state index contributed by atoms with van der Waals surface area (Å²) in [4.78, 5) is 14.6. The average molecular weight is 310 g/mol. The van der Waals surface area contributed by atoms with E-state index in [1.54, 1.807) is 0 Å². The van der Waals surface area contributed by atoms with E-state index in [2.05, 4.69) is 17.1 Å². The number of amides is 1. The Balaban J connectivity index is 1.74. The van der Waals surface area contributed by atoms with Crippen LogP contribution in [-0.4, -0.2) is 30.7 Å². The van der Waals surface area contributed by atoms with Crippen molar-refractivity contribution in [3.05, 3.63) is 65.2 Å². The molecule has 1 aliphatic carbocycles. The molecular weight excluding hydrogens is 288 g/mol. The maximum absolute atomic E-state index is 12.5. The molecule has 4 nitrogen and oxygen atoms in total. The van der Waals surface area contributed by atoms with Gasteiger partial charge in [0.1, 0.15) is 0 Å². The number of hydrogen-bond acceptors (Lipinski definition) is 3. The van der Waals surface area contributed by atoms with Crippen LogP contribution in [0.25, 0.3) is 0 Å². The summed E-state index contributed by atoms with van der Waals surface area (Å²) in [5.41, 5.74) is 3.80. The molecule has 2 atom stereocenters. The first-order valence-electron chi connectivity index (χ1n) is 7.98. The fourth-order valence-corrected chi connectivity index (χ4v) is 3.02. The van der Waals surface area contributed by atoms with E-state index in [1.165, 1.54) is 0 Å². The zero-order valence-electron chi connectivity index (χ0n) is 13.5. The molecule has 1 aliphatic rings. The molecule has 2 N–H and O–H groups in total. The number of aliphatic hydroxyl groups is 1. The zero-order chi connectivity index (χ0) is 16.4. The van der Waals surface area contributed by atoms with E-state index >= 15 is 0 Å². The predicted octanol–water partition coefficient (Wildman–Crippen LogP) is 2.53. The number of hydrogen-bond donors (Lipinski definition) is 2. The first-order chi connectivity index (χ1) is 11.1. The van der Waals surface area contributed by atoms with Gasteiger partial charge in [-0.05, 0) is 42.3 Å². The number of nitrogens with one attached hydrogen (secondary N) is 1. The molecule has 3 rings (SSSR count). The van der Waals surface area contributed by atoms with Crippen LogP contribution in [0.3, 0.4) is 0 Å². The molecule has 0 spiro atoms. The van der Waals surface area contributed by atoms with Crippen LogP contribution in [0, 0.1) is 0 Å². The number of nitrogens with zero attached hydrogens (tertiary/aromatic N) is 1. The standard InChI is InChI=1S/C19H22N2O2/c1-3-21(2)15-10-8-13(9-11-15)19(23)20-18-16-7-5-4-6-14(16)12-17(18)22/h4-11,17-18,22H,3,12H2,1-2H3,(H,20,23). The Hall–Kier alpha value is -2.33. The van der Waals surface area contributed by atoms with Gasteiger partial charge in [0.2, 0.25) is 0 Å². The molecule has 2 aromatic rings. The van der Waals surface area contributed by atoms with E-state index in [4.69, 9.17) is 0 Å². The van der Waals surface area contributed by atoms with Crippen LogP contribution in [-0.2, 0) is 6.42 Å². The lowest BCUT2D eigenvalue weighted by Gasteiger charge is -2.19. The molecule has 0 fully saturated rings. The van der Waals surface area contributed by atoms with Crippen molar-refractivity contribution in [2.45, 2.75) is 25.5 Å². The van der Waals surface area contributed by atoms with Gasteiger partial charge in [-0.15, -0.1) is 0 Å². The van der Waals surface area contributed by atoms with Crippen molar-refractivity contribution in [3.8, 4) is 0 Å². The highest BCUT2D eigenvalue weighted by Crippen LogP contribution is 2.31. The van der Waals surface area contributed by atoms with Crippen molar-refractivity contribution < 1.29 is 9.90 Å². The Labute approximate surface area is 136 Å². The SMILES string of the molecule is CCN(C)c1ccc(C(=O)NC2c3ccccc3CC2O)cc1. The Morgan fingerprint density at radius 2 is 1.91 bits per heavy atom. The Kier molecular flexibility index (Phi) is 4.35. The van der Waals surface area contributed by atoms with Crippen molar-refractivity contribution in [2.75, 3.05) is 18.5 Å². The Bertz CT molecular complexity index is 697. The number of fused-ring (bicyclic) bond motifs is 1. The van der Waals surface area contributed by atoms with Crippen LogP contribution >= 0.6 is 0 Å². The van der Waals surface area contributed by atoms with Crippen LogP contribution in [0.2, 0.25) is 0 Å². The lowest BCUT2D eigenvalue weighted by atomic mass is 10.1. The zero-order valence-corrected chi connectivity index (χ0v) is 13.5. The largest absolute Gasteiger partial charge is 0.390 e. The third kappa shape index (κ3) is 3.08. The molecular formula is C19H22N2O2. The fraction of sp³-hybridized carbons (Fsp3) is 0.316. The lowest BCUT2D eigenvalue weighted by molar-refractivity contribution is 0.0858. The van der Waals surface area contributed by atoms with Gasteiger partial charge in [0.15, 0.2) is 0 Å². The lowest BCUT2D eigenvalue weighted by Crippen LogP contribution is -2.33. The molecule has 0 bridgehead atoms. The third-order valence-corrected chi connectivity index (χ3v) is 4.54. The topological polar surface area (TPSA) is 52.6 Å². The third-order valence-electron chi connectivity index (χ3n) is 4.54. The first-order valence-corrected chi connectivity index (χ1v) is 7.98. The second kappa shape index (κ2) is 6.42. The van der Waals surface area contributed by atoms with Gasteiger partial charge in [-0.25, -0.2) is 0 Å². The van der Waals surface area contributed by atoms with Crippen molar-refractivity contribution in [1.82, 2.24) is 5.32 Å². The van der Waals surface area contributed by atoms with E-state index in [0.717, 1.165) is 23.4 Å². The smallest absolute Gasteiger partial charge is 0.251 e. The minimum atomic E-state index is -0.568. The van der Waals surface area contributed by atoms with Gasteiger partial charge in [0.05, 0.1) is 12.1 Å². The predicted molar refractivity (Wildman–Crippen MR) is 91.7 cm³/mol. The first kappa shape index (κ1) is 15.6. The molecule has 0 aliphatic heterocycles. The normalized spacial score (nSPS) is 19.3. The van der Waals surface area contributed by atoms with Crippen LogP contribution in [0.5, 0.6) is 0 Å². The Morgan fingerprint density at radius 3 is 2.61 bits per heavy atom. The summed E-state index contributed by atoms with van der Waals surface area (Å²) < 4.78 is 0. The summed E-state index contributed by atoms with van der Waals surface area (Å²) in [7, 11) is 2.01. The van der Waals surface area contributed by atoms with Crippen molar-refractivity contribution >= 4 is 11.6 Å². The summed E-state index contributed by atoms with van der Waals surface area (Å²) in [6.45, 7) is 3.00. The van der Waals surface area contributed by atoms with Crippen LogP contribution in [0.1, 0.15) is 34.5 Å². The monoisotopic (exact) mass is 310 g/mol. The van der Waals surface area contributed by atoms with E-state index in [1.807, 2.05) is 55.6 Å². The Morgan fingerprint density at radius 1 is 1.22 bits per heavy atom. The number of carbonyl (C=O) groups is 1. The highest BCUT2D eigenvalue weighted by atomic mass is 16.3. The van der Waals surface area contributed by atoms with Crippen molar-refractivity contribution in [3.63, 3.8) is 0 Å². The highest BCUT2D eigenvalue weighted by Gasteiger charge is 2.31. The summed E-state index contributed by atoms with van der Waals surface area (Å²) in [5.74, 6) is -0.156. The molecule has 0 saturated carbocycles. The van der Waals surface area contributed by atoms with Gasteiger partial charge >= 0.3 is 0 Å². The summed E-state index contributed by atoms with van der Waals surface area (Å²) in [6, 6.07) is 15.1. The van der Waals surface area contributed by atoms with E-state index in [9.17, 15) is 9.90 Å². The minimum Gasteiger partial charge on any atom is -0.390 e. The number of rotatable bonds is 4. The van der Waals surface area contributed by atoms with Crippen LogP contribution in [0.15, 0.2) is 48.5 Å². The number of aliphatic hydroxyl groups excluding tert-OH is 1. The molecule has 0 heterocycles. The molecule has 0 radical (unpaired) electrons. The van der Waals surface area contributed by atoms with Gasteiger partial charge < -0.3 is 15.3 Å². The van der Waals surface area contributed by atoms with Gasteiger partial charge in [0, 0.05) is 31.3 Å². The second-order valence-electron chi connectivity index (χ2n) is 5.98. The second-order valence-corrected chi connectivity index (χ2v) is 5.98. The molecule has 23 heavy (non-hydrogen) atoms. The van der Waals surface area contributed by atoms with Gasteiger partial charge in [-0.1, -0.05) is 24.3 Å². The summed E-state index contributed by atoms with van der Waals surface area (Å²) in [5, 5.41) is 13.2. The number of carbonyl (C=O) groups excluding carboxylic acids is 1. The molecule has 4 heteroatoms. The molecule has 2 unspecified atom stereocenters. The maximum Gasteiger partial charge on any atom is 0.251 e. The highest BCUT2D eigenvalue weighted by molar-refractivity contribution is 5.95. The van der Waals surface area contributed by atoms with E-state index in [-0.39, 0.29) is 11.9 Å². The summed E-state index contributed by atoms with van der Waals surface area (Å²) in [6.07, 6.45) is 0.0169. The number of benzene rings is 2. The molecule has 0 aromatic heterocycles. The van der Waals surface area contributed by atoms with Crippen molar-refractivity contribution in [1.29, 1.82) is 0 Å². The molecule has 1 amide bonds. The maximum atomic E-state index is 12.5. The quantitative estimate of drug-likeness (QED) is 0.912. The average Bonchev–Trinajstić information content (AvgIpc) is 2.90. The van der Waals surface area contributed by atoms with Gasteiger partial charge in [0.25, 0.3) is 5.91 Å². The van der Waals surface area contributed by atoms with Gasteiger partial charge in [-0.2, -0.15) is 0 Å². The minimum absolute atomic E-state index is 0.156. The fourth-order valence-electron chi connectivity index (χ4n) is 3.02. The van der Waals surface area contributed by atoms with E-state index < -0.39 is 6.10 Å². The molecule has 120 valence electrons. The van der Waals surface area contributed by atoms with Gasteiger partial charge in [-0.3, -0.25) is 4.79 Å². The number of anilines is 1. The molecule has 0 saturated heterocycles.